The van der Waals surface area contributed by atoms with Crippen LogP contribution in [0.25, 0.3) is 0 Å². The van der Waals surface area contributed by atoms with Crippen LogP contribution in [0.1, 0.15) is 39.2 Å². The van der Waals surface area contributed by atoms with E-state index in [4.69, 9.17) is 4.74 Å². The molecule has 0 saturated carbocycles. The molecule has 0 saturated heterocycles. The predicted molar refractivity (Wildman–Crippen MR) is 60.8 cm³/mol. The fourth-order valence-corrected chi connectivity index (χ4v) is 2.12. The van der Waals surface area contributed by atoms with E-state index in [1.807, 2.05) is 20.8 Å². The van der Waals surface area contributed by atoms with Gasteiger partial charge in [0.05, 0.1) is 7.11 Å². The second-order valence-corrected chi connectivity index (χ2v) is 4.60. The normalized spacial score (nSPS) is 11.6. The molecule has 0 radical (unpaired) electrons. The number of benzene rings is 1. The van der Waals surface area contributed by atoms with Gasteiger partial charge in [-0.1, -0.05) is 27.2 Å². The summed E-state index contributed by atoms with van der Waals surface area (Å²) in [6.07, 6.45) is 1.76. The number of rotatable bonds is 4. The Morgan fingerprint density at radius 1 is 1.25 bits per heavy atom. The molecule has 0 unspecified atom stereocenters. The lowest BCUT2D eigenvalue weighted by Gasteiger charge is -2.27. The molecule has 0 atom stereocenters. The van der Waals surface area contributed by atoms with Gasteiger partial charge in [-0.25, -0.2) is 8.78 Å². The van der Waals surface area contributed by atoms with Crippen molar-refractivity contribution in [1.82, 2.24) is 0 Å². The average molecular weight is 228 g/mol. The van der Waals surface area contributed by atoms with Crippen LogP contribution in [-0.2, 0) is 5.41 Å². The quantitative estimate of drug-likeness (QED) is 0.755. The summed E-state index contributed by atoms with van der Waals surface area (Å²) >= 11 is 0. The zero-order chi connectivity index (χ0) is 12.3. The van der Waals surface area contributed by atoms with E-state index in [9.17, 15) is 8.78 Å². The fraction of sp³-hybridized carbons (Fsp3) is 0.538. The smallest absolute Gasteiger partial charge is 0.133 e. The van der Waals surface area contributed by atoms with Crippen LogP contribution in [0.15, 0.2) is 12.1 Å². The Morgan fingerprint density at radius 3 is 2.38 bits per heavy atom. The summed E-state index contributed by atoms with van der Waals surface area (Å²) in [5.74, 6) is -0.850. The predicted octanol–water partition coefficient (Wildman–Crippen LogP) is 4.05. The molecule has 90 valence electrons. The van der Waals surface area contributed by atoms with Crippen molar-refractivity contribution in [2.45, 2.75) is 39.0 Å². The molecule has 0 fully saturated rings. The minimum absolute atomic E-state index is 0.288. The third-order valence-corrected chi connectivity index (χ3v) is 2.79. The third kappa shape index (κ3) is 2.52. The molecule has 0 bridgehead atoms. The van der Waals surface area contributed by atoms with Crippen LogP contribution in [0.4, 0.5) is 8.78 Å². The van der Waals surface area contributed by atoms with Crippen LogP contribution >= 0.6 is 0 Å². The molecular formula is C13H18F2O. The zero-order valence-corrected chi connectivity index (χ0v) is 10.2. The summed E-state index contributed by atoms with van der Waals surface area (Å²) in [6.45, 7) is 5.92. The summed E-state index contributed by atoms with van der Waals surface area (Å²) in [6, 6.07) is 2.14. The Kier molecular flexibility index (Phi) is 3.89. The molecule has 0 N–H and O–H groups in total. The van der Waals surface area contributed by atoms with Gasteiger partial charge in [-0.15, -0.1) is 0 Å². The molecule has 1 nitrogen and oxygen atoms in total. The molecule has 1 rings (SSSR count). The molecule has 0 aliphatic carbocycles. The van der Waals surface area contributed by atoms with Gasteiger partial charge in [0, 0.05) is 17.7 Å². The molecule has 1 aromatic carbocycles. The van der Waals surface area contributed by atoms with Gasteiger partial charge in [-0.05, 0) is 11.8 Å². The van der Waals surface area contributed by atoms with E-state index in [2.05, 4.69) is 0 Å². The van der Waals surface area contributed by atoms with Gasteiger partial charge >= 0.3 is 0 Å². The summed E-state index contributed by atoms with van der Waals surface area (Å²) in [4.78, 5) is 0. The molecule has 1 aromatic rings. The lowest BCUT2D eigenvalue weighted by atomic mass is 9.80. The first-order valence-corrected chi connectivity index (χ1v) is 5.46. The van der Waals surface area contributed by atoms with Gasteiger partial charge in [0.15, 0.2) is 0 Å². The first-order valence-electron chi connectivity index (χ1n) is 5.46. The number of hydrogen-bond acceptors (Lipinski definition) is 1. The molecule has 0 heterocycles. The fourth-order valence-electron chi connectivity index (χ4n) is 2.12. The maximum atomic E-state index is 13.8. The molecular weight excluding hydrogens is 210 g/mol. The standard InChI is InChI=1S/C13H18F2O/c1-5-6-13(2,3)12-10(15)7-9(14)8-11(12)16-4/h7-8H,5-6H2,1-4H3. The second kappa shape index (κ2) is 4.81. The molecule has 0 spiro atoms. The van der Waals surface area contributed by atoms with E-state index in [1.165, 1.54) is 13.2 Å². The zero-order valence-electron chi connectivity index (χ0n) is 10.2. The van der Waals surface area contributed by atoms with Crippen LogP contribution in [0.5, 0.6) is 5.75 Å². The van der Waals surface area contributed by atoms with Crippen molar-refractivity contribution in [2.24, 2.45) is 0 Å². The SMILES string of the molecule is CCCC(C)(C)c1c(F)cc(F)cc1OC. The van der Waals surface area contributed by atoms with E-state index in [0.717, 1.165) is 18.9 Å². The molecule has 16 heavy (non-hydrogen) atoms. The van der Waals surface area contributed by atoms with Gasteiger partial charge in [-0.2, -0.15) is 0 Å². The Hall–Kier alpha value is -1.12. The van der Waals surface area contributed by atoms with E-state index in [1.54, 1.807) is 0 Å². The molecule has 0 amide bonds. The Bertz CT molecular complexity index is 372. The Morgan fingerprint density at radius 2 is 1.88 bits per heavy atom. The van der Waals surface area contributed by atoms with Gasteiger partial charge in [-0.3, -0.25) is 0 Å². The maximum absolute atomic E-state index is 13.8. The summed E-state index contributed by atoms with van der Waals surface area (Å²) < 4.78 is 31.9. The van der Waals surface area contributed by atoms with Crippen molar-refractivity contribution in [1.29, 1.82) is 0 Å². The van der Waals surface area contributed by atoms with Crippen LogP contribution < -0.4 is 4.74 Å². The lowest BCUT2D eigenvalue weighted by Crippen LogP contribution is -2.20. The maximum Gasteiger partial charge on any atom is 0.133 e. The lowest BCUT2D eigenvalue weighted by molar-refractivity contribution is 0.367. The highest BCUT2D eigenvalue weighted by Gasteiger charge is 2.27. The van der Waals surface area contributed by atoms with E-state index in [-0.39, 0.29) is 11.2 Å². The minimum atomic E-state index is -0.606. The van der Waals surface area contributed by atoms with E-state index >= 15 is 0 Å². The highest BCUT2D eigenvalue weighted by atomic mass is 19.1. The van der Waals surface area contributed by atoms with Gasteiger partial charge in [0.2, 0.25) is 0 Å². The molecule has 0 aliphatic heterocycles. The van der Waals surface area contributed by atoms with Crippen molar-refractivity contribution in [2.75, 3.05) is 7.11 Å². The number of methoxy groups -OCH3 is 1. The average Bonchev–Trinajstić information content (AvgIpc) is 2.15. The van der Waals surface area contributed by atoms with E-state index < -0.39 is 11.6 Å². The van der Waals surface area contributed by atoms with Crippen LogP contribution in [0, 0.1) is 11.6 Å². The van der Waals surface area contributed by atoms with Crippen LogP contribution in [0.2, 0.25) is 0 Å². The van der Waals surface area contributed by atoms with E-state index in [0.29, 0.717) is 5.56 Å². The Balaban J connectivity index is 3.31. The number of hydrogen-bond donors (Lipinski definition) is 0. The highest BCUT2D eigenvalue weighted by Crippen LogP contribution is 2.37. The van der Waals surface area contributed by atoms with Crippen molar-refractivity contribution in [3.8, 4) is 5.75 Å². The summed E-state index contributed by atoms with van der Waals surface area (Å²) in [7, 11) is 1.43. The highest BCUT2D eigenvalue weighted by molar-refractivity contribution is 5.40. The Labute approximate surface area is 95.4 Å². The minimum Gasteiger partial charge on any atom is -0.496 e. The third-order valence-electron chi connectivity index (χ3n) is 2.79. The van der Waals surface area contributed by atoms with Gasteiger partial charge in [0.1, 0.15) is 17.4 Å². The summed E-state index contributed by atoms with van der Waals surface area (Å²) in [5, 5.41) is 0. The van der Waals surface area contributed by atoms with Crippen LogP contribution in [0.3, 0.4) is 0 Å². The van der Waals surface area contributed by atoms with Crippen molar-refractivity contribution < 1.29 is 13.5 Å². The van der Waals surface area contributed by atoms with Crippen molar-refractivity contribution in [3.63, 3.8) is 0 Å². The van der Waals surface area contributed by atoms with Gasteiger partial charge in [0.25, 0.3) is 0 Å². The number of halogens is 2. The summed E-state index contributed by atoms with van der Waals surface area (Å²) in [5.41, 5.74) is 0.107. The van der Waals surface area contributed by atoms with Gasteiger partial charge < -0.3 is 4.74 Å². The number of ether oxygens (including phenoxy) is 1. The van der Waals surface area contributed by atoms with Crippen molar-refractivity contribution in [3.05, 3.63) is 29.3 Å². The monoisotopic (exact) mass is 228 g/mol. The first-order chi connectivity index (χ1) is 7.42. The second-order valence-electron chi connectivity index (χ2n) is 4.60. The molecule has 0 aromatic heterocycles. The molecule has 3 heteroatoms. The largest absolute Gasteiger partial charge is 0.496 e. The first kappa shape index (κ1) is 12.9. The van der Waals surface area contributed by atoms with Crippen LogP contribution in [-0.4, -0.2) is 7.11 Å². The van der Waals surface area contributed by atoms with Crippen molar-refractivity contribution >= 4 is 0 Å². The topological polar surface area (TPSA) is 9.23 Å². The molecule has 0 aliphatic rings.